The van der Waals surface area contributed by atoms with Crippen LogP contribution in [0.2, 0.25) is 0 Å². The molecule has 1 aliphatic carbocycles. The van der Waals surface area contributed by atoms with E-state index in [0.29, 0.717) is 6.04 Å². The lowest BCUT2D eigenvalue weighted by Gasteiger charge is -2.21. The third kappa shape index (κ3) is 4.59. The van der Waals surface area contributed by atoms with Gasteiger partial charge in [0.2, 0.25) is 0 Å². The summed E-state index contributed by atoms with van der Waals surface area (Å²) in [5, 5.41) is 3.60. The van der Waals surface area contributed by atoms with Gasteiger partial charge in [-0.25, -0.2) is 4.39 Å². The van der Waals surface area contributed by atoms with Gasteiger partial charge in [0.25, 0.3) is 0 Å². The molecule has 0 radical (unpaired) electrons. The fraction of sp³-hybridized carbons (Fsp3) is 0.667. The fourth-order valence-corrected chi connectivity index (χ4v) is 3.37. The molecule has 0 heterocycles. The molecule has 1 N–H and O–H groups in total. The molecule has 0 bridgehead atoms. The van der Waals surface area contributed by atoms with Gasteiger partial charge in [-0.1, -0.05) is 38.7 Å². The molecule has 0 aliphatic heterocycles. The number of nitrogens with one attached hydrogen (secondary N) is 1. The molecule has 1 aliphatic rings. The first kappa shape index (κ1) is 15.5. The molecule has 1 fully saturated rings. The molecule has 1 aromatic carbocycles. The van der Waals surface area contributed by atoms with Gasteiger partial charge in [-0.05, 0) is 61.9 Å². The normalized spacial score (nSPS) is 17.6. The second kappa shape index (κ2) is 7.78. The van der Waals surface area contributed by atoms with Crippen molar-refractivity contribution < 1.29 is 4.39 Å². The lowest BCUT2D eigenvalue weighted by Crippen LogP contribution is -2.23. The Bertz CT molecular complexity index is 390. The van der Waals surface area contributed by atoms with Gasteiger partial charge in [-0.15, -0.1) is 0 Å². The van der Waals surface area contributed by atoms with Gasteiger partial charge in [-0.2, -0.15) is 0 Å². The number of benzene rings is 1. The Morgan fingerprint density at radius 1 is 1.25 bits per heavy atom. The van der Waals surface area contributed by atoms with Crippen molar-refractivity contribution in [3.63, 3.8) is 0 Å². The van der Waals surface area contributed by atoms with Crippen LogP contribution in [0.3, 0.4) is 0 Å². The summed E-state index contributed by atoms with van der Waals surface area (Å²) in [7, 11) is 0. The summed E-state index contributed by atoms with van der Waals surface area (Å²) < 4.78 is 13.6. The predicted molar refractivity (Wildman–Crippen MR) is 83.4 cm³/mol. The Morgan fingerprint density at radius 3 is 2.65 bits per heavy atom. The smallest absolute Gasteiger partial charge is 0.123 e. The van der Waals surface area contributed by atoms with Crippen LogP contribution in [0.5, 0.6) is 0 Å². The van der Waals surface area contributed by atoms with Gasteiger partial charge < -0.3 is 5.32 Å². The first-order valence-corrected chi connectivity index (χ1v) is 8.19. The minimum absolute atomic E-state index is 0.107. The second-order valence-electron chi connectivity index (χ2n) is 6.30. The number of hydrogen-bond donors (Lipinski definition) is 1. The quantitative estimate of drug-likeness (QED) is 0.727. The molecular weight excluding hydrogens is 249 g/mol. The number of aryl methyl sites for hydroxylation is 1. The van der Waals surface area contributed by atoms with Gasteiger partial charge in [0.05, 0.1) is 0 Å². The Morgan fingerprint density at radius 2 is 2.00 bits per heavy atom. The van der Waals surface area contributed by atoms with Crippen LogP contribution in [-0.2, 0) is 0 Å². The number of halogens is 1. The highest BCUT2D eigenvalue weighted by atomic mass is 19.1. The second-order valence-corrected chi connectivity index (χ2v) is 6.30. The van der Waals surface area contributed by atoms with E-state index in [0.717, 1.165) is 36.4 Å². The van der Waals surface area contributed by atoms with Gasteiger partial charge in [0, 0.05) is 6.04 Å². The molecule has 1 atom stereocenters. The van der Waals surface area contributed by atoms with Crippen LogP contribution in [0.4, 0.5) is 4.39 Å². The zero-order chi connectivity index (χ0) is 14.4. The van der Waals surface area contributed by atoms with Crippen LogP contribution in [0, 0.1) is 18.7 Å². The van der Waals surface area contributed by atoms with Crippen molar-refractivity contribution in [2.75, 3.05) is 6.54 Å². The molecule has 1 aromatic rings. The highest BCUT2D eigenvalue weighted by molar-refractivity contribution is 5.26. The molecule has 0 amide bonds. The van der Waals surface area contributed by atoms with Crippen molar-refractivity contribution in [3.8, 4) is 0 Å². The van der Waals surface area contributed by atoms with Gasteiger partial charge >= 0.3 is 0 Å². The van der Waals surface area contributed by atoms with E-state index in [1.807, 2.05) is 6.92 Å². The molecule has 20 heavy (non-hydrogen) atoms. The van der Waals surface area contributed by atoms with Crippen LogP contribution < -0.4 is 5.32 Å². The SMILES string of the molecule is CCCNC(CCC1CCCC1)c1cc(C)cc(F)c1. The highest BCUT2D eigenvalue weighted by Gasteiger charge is 2.18. The summed E-state index contributed by atoms with van der Waals surface area (Å²) in [4.78, 5) is 0. The summed E-state index contributed by atoms with van der Waals surface area (Å²) >= 11 is 0. The molecule has 1 saturated carbocycles. The maximum absolute atomic E-state index is 13.6. The largest absolute Gasteiger partial charge is 0.310 e. The maximum Gasteiger partial charge on any atom is 0.123 e. The molecule has 1 unspecified atom stereocenters. The number of rotatable bonds is 7. The summed E-state index contributed by atoms with van der Waals surface area (Å²) in [5.74, 6) is 0.791. The fourth-order valence-electron chi connectivity index (χ4n) is 3.37. The van der Waals surface area contributed by atoms with E-state index in [9.17, 15) is 4.39 Å². The Kier molecular flexibility index (Phi) is 6.03. The Balaban J connectivity index is 2.00. The summed E-state index contributed by atoms with van der Waals surface area (Å²) in [6.07, 6.45) is 9.11. The van der Waals surface area contributed by atoms with E-state index >= 15 is 0 Å². The topological polar surface area (TPSA) is 12.0 Å². The van der Waals surface area contributed by atoms with E-state index in [1.165, 1.54) is 32.1 Å². The summed E-state index contributed by atoms with van der Waals surface area (Å²) in [6, 6.07) is 5.75. The minimum atomic E-state index is -0.107. The third-order valence-electron chi connectivity index (χ3n) is 4.45. The van der Waals surface area contributed by atoms with E-state index < -0.39 is 0 Å². The number of hydrogen-bond acceptors (Lipinski definition) is 1. The minimum Gasteiger partial charge on any atom is -0.310 e. The zero-order valence-electron chi connectivity index (χ0n) is 12.9. The van der Waals surface area contributed by atoms with Crippen molar-refractivity contribution >= 4 is 0 Å². The standard InChI is InChI=1S/C18H28FN/c1-3-10-20-18(9-8-15-6-4-5-7-15)16-11-14(2)12-17(19)13-16/h11-13,15,18,20H,3-10H2,1-2H3. The zero-order valence-corrected chi connectivity index (χ0v) is 12.9. The van der Waals surface area contributed by atoms with Crippen LogP contribution >= 0.6 is 0 Å². The maximum atomic E-state index is 13.6. The van der Waals surface area contributed by atoms with Crippen molar-refractivity contribution in [1.29, 1.82) is 0 Å². The molecular formula is C18H28FN. The van der Waals surface area contributed by atoms with Crippen LogP contribution in [0.25, 0.3) is 0 Å². The first-order chi connectivity index (χ1) is 9.69. The van der Waals surface area contributed by atoms with Crippen molar-refractivity contribution in [2.24, 2.45) is 5.92 Å². The summed E-state index contributed by atoms with van der Waals surface area (Å²) in [6.45, 7) is 5.16. The van der Waals surface area contributed by atoms with Crippen molar-refractivity contribution in [2.45, 2.75) is 64.8 Å². The van der Waals surface area contributed by atoms with E-state index in [2.05, 4.69) is 18.3 Å². The molecule has 0 saturated heterocycles. The van der Waals surface area contributed by atoms with Crippen LogP contribution in [0.15, 0.2) is 18.2 Å². The average Bonchev–Trinajstić information content (AvgIpc) is 2.91. The van der Waals surface area contributed by atoms with Crippen molar-refractivity contribution in [3.05, 3.63) is 35.1 Å². The monoisotopic (exact) mass is 277 g/mol. The van der Waals surface area contributed by atoms with Crippen LogP contribution in [0.1, 0.15) is 69.0 Å². The molecule has 2 rings (SSSR count). The van der Waals surface area contributed by atoms with Gasteiger partial charge in [-0.3, -0.25) is 0 Å². The van der Waals surface area contributed by atoms with E-state index in [-0.39, 0.29) is 5.82 Å². The third-order valence-corrected chi connectivity index (χ3v) is 4.45. The molecule has 0 spiro atoms. The average molecular weight is 277 g/mol. The molecule has 1 nitrogen and oxygen atoms in total. The van der Waals surface area contributed by atoms with Gasteiger partial charge in [0.15, 0.2) is 0 Å². The summed E-state index contributed by atoms with van der Waals surface area (Å²) in [5.41, 5.74) is 2.14. The van der Waals surface area contributed by atoms with Gasteiger partial charge in [0.1, 0.15) is 5.82 Å². The lowest BCUT2D eigenvalue weighted by molar-refractivity contribution is 0.411. The molecule has 2 heteroatoms. The van der Waals surface area contributed by atoms with E-state index in [4.69, 9.17) is 0 Å². The highest BCUT2D eigenvalue weighted by Crippen LogP contribution is 2.31. The van der Waals surface area contributed by atoms with Crippen molar-refractivity contribution in [1.82, 2.24) is 5.32 Å². The van der Waals surface area contributed by atoms with Crippen LogP contribution in [-0.4, -0.2) is 6.54 Å². The Hall–Kier alpha value is -0.890. The molecule has 112 valence electrons. The molecule has 0 aromatic heterocycles. The van der Waals surface area contributed by atoms with E-state index in [1.54, 1.807) is 12.1 Å². The lowest BCUT2D eigenvalue weighted by atomic mass is 9.94. The first-order valence-electron chi connectivity index (χ1n) is 8.19. The Labute approximate surface area is 123 Å². The predicted octanol–water partition coefficient (Wildman–Crippen LogP) is 5.15.